The third-order valence-electron chi connectivity index (χ3n) is 3.88. The molecule has 2 rings (SSSR count). The number of rotatable bonds is 5. The van der Waals surface area contributed by atoms with Crippen LogP contribution in [0.2, 0.25) is 5.02 Å². The van der Waals surface area contributed by atoms with Crippen molar-refractivity contribution in [2.75, 3.05) is 6.54 Å². The van der Waals surface area contributed by atoms with Crippen LogP contribution in [-0.4, -0.2) is 17.0 Å². The largest absolute Gasteiger partial charge is 0.355 e. The molecule has 21 heavy (non-hydrogen) atoms. The van der Waals surface area contributed by atoms with Gasteiger partial charge in [0.25, 0.3) is 0 Å². The number of hydrogen-bond donors (Lipinski definition) is 1. The van der Waals surface area contributed by atoms with Gasteiger partial charge < -0.3 is 9.88 Å². The second-order valence-corrected chi connectivity index (χ2v) is 5.80. The molecule has 1 aromatic carbocycles. The molecular weight excluding hydrogens is 284 g/mol. The van der Waals surface area contributed by atoms with Gasteiger partial charge in [0.1, 0.15) is 0 Å². The molecule has 3 nitrogen and oxygen atoms in total. The van der Waals surface area contributed by atoms with Gasteiger partial charge in [0.15, 0.2) is 0 Å². The summed E-state index contributed by atoms with van der Waals surface area (Å²) in [7, 11) is 2.02. The number of aromatic nitrogens is 1. The van der Waals surface area contributed by atoms with Crippen LogP contribution >= 0.6 is 11.6 Å². The van der Waals surface area contributed by atoms with Crippen molar-refractivity contribution < 1.29 is 4.79 Å². The standard InChI is InChI=1S/C17H21ClN2O/c1-12-10-15(13(2)20(12)3)11-17(21)19-9-8-14-4-6-16(18)7-5-14/h4-7,10H,8-9,11H2,1-3H3,(H,19,21). The van der Waals surface area contributed by atoms with Crippen molar-refractivity contribution in [2.24, 2.45) is 7.05 Å². The number of nitrogens with zero attached hydrogens (tertiary/aromatic N) is 1. The van der Waals surface area contributed by atoms with Gasteiger partial charge in [-0.1, -0.05) is 23.7 Å². The first-order valence-corrected chi connectivity index (χ1v) is 7.48. The normalized spacial score (nSPS) is 10.7. The van der Waals surface area contributed by atoms with E-state index < -0.39 is 0 Å². The fraction of sp³-hybridized carbons (Fsp3) is 0.353. The summed E-state index contributed by atoms with van der Waals surface area (Å²) in [6.07, 6.45) is 1.25. The summed E-state index contributed by atoms with van der Waals surface area (Å²) < 4.78 is 2.11. The van der Waals surface area contributed by atoms with Gasteiger partial charge in [-0.25, -0.2) is 0 Å². The van der Waals surface area contributed by atoms with Gasteiger partial charge in [0.2, 0.25) is 5.91 Å². The van der Waals surface area contributed by atoms with Crippen molar-refractivity contribution in [1.29, 1.82) is 0 Å². The molecule has 1 amide bonds. The fourth-order valence-electron chi connectivity index (χ4n) is 2.35. The average Bonchev–Trinajstić information content (AvgIpc) is 2.68. The summed E-state index contributed by atoms with van der Waals surface area (Å²) in [5.41, 5.74) is 4.60. The average molecular weight is 305 g/mol. The molecule has 0 bridgehead atoms. The summed E-state index contributed by atoms with van der Waals surface area (Å²) in [5, 5.41) is 3.70. The Labute approximate surface area is 130 Å². The van der Waals surface area contributed by atoms with E-state index in [1.54, 1.807) is 0 Å². The first kappa shape index (κ1) is 15.6. The van der Waals surface area contributed by atoms with Crippen molar-refractivity contribution >= 4 is 17.5 Å². The van der Waals surface area contributed by atoms with Crippen LogP contribution in [-0.2, 0) is 24.7 Å². The van der Waals surface area contributed by atoms with E-state index in [4.69, 9.17) is 11.6 Å². The molecule has 0 radical (unpaired) electrons. The van der Waals surface area contributed by atoms with Gasteiger partial charge in [-0.2, -0.15) is 0 Å². The van der Waals surface area contributed by atoms with Gasteiger partial charge >= 0.3 is 0 Å². The third kappa shape index (κ3) is 4.11. The second kappa shape index (κ2) is 6.81. The SMILES string of the molecule is Cc1cc(CC(=O)NCCc2ccc(Cl)cc2)c(C)n1C. The Morgan fingerprint density at radius 1 is 1.24 bits per heavy atom. The molecule has 2 aromatic rings. The summed E-state index contributed by atoms with van der Waals surface area (Å²) in [5.74, 6) is 0.0673. The smallest absolute Gasteiger partial charge is 0.224 e. The molecule has 1 aromatic heterocycles. The second-order valence-electron chi connectivity index (χ2n) is 5.36. The van der Waals surface area contributed by atoms with Crippen LogP contribution in [0, 0.1) is 13.8 Å². The van der Waals surface area contributed by atoms with E-state index >= 15 is 0 Å². The van der Waals surface area contributed by atoms with E-state index in [1.165, 1.54) is 11.3 Å². The number of benzene rings is 1. The highest BCUT2D eigenvalue weighted by atomic mass is 35.5. The van der Waals surface area contributed by atoms with Crippen LogP contribution in [0.4, 0.5) is 0 Å². The Bertz CT molecular complexity index is 629. The zero-order valence-corrected chi connectivity index (χ0v) is 13.5. The van der Waals surface area contributed by atoms with E-state index in [-0.39, 0.29) is 5.91 Å². The van der Waals surface area contributed by atoms with Crippen molar-refractivity contribution in [3.8, 4) is 0 Å². The molecule has 0 saturated heterocycles. The molecule has 1 N–H and O–H groups in total. The zero-order chi connectivity index (χ0) is 15.4. The number of carbonyl (C=O) groups is 1. The molecule has 112 valence electrons. The Morgan fingerprint density at radius 2 is 1.90 bits per heavy atom. The third-order valence-corrected chi connectivity index (χ3v) is 4.13. The van der Waals surface area contributed by atoms with Crippen molar-refractivity contribution in [3.05, 3.63) is 57.9 Å². The number of aryl methyl sites for hydroxylation is 1. The van der Waals surface area contributed by atoms with Gasteiger partial charge in [0.05, 0.1) is 6.42 Å². The molecule has 0 unspecified atom stereocenters. The Kier molecular flexibility index (Phi) is 5.07. The topological polar surface area (TPSA) is 34.0 Å². The highest BCUT2D eigenvalue weighted by molar-refractivity contribution is 6.30. The highest BCUT2D eigenvalue weighted by Gasteiger charge is 2.10. The van der Waals surface area contributed by atoms with Gasteiger partial charge in [-0.3, -0.25) is 4.79 Å². The maximum absolute atomic E-state index is 12.0. The lowest BCUT2D eigenvalue weighted by Gasteiger charge is -2.06. The van der Waals surface area contributed by atoms with E-state index in [2.05, 4.69) is 22.9 Å². The zero-order valence-electron chi connectivity index (χ0n) is 12.7. The van der Waals surface area contributed by atoms with Crippen LogP contribution in [0.3, 0.4) is 0 Å². The van der Waals surface area contributed by atoms with E-state index in [9.17, 15) is 4.79 Å². The molecule has 0 fully saturated rings. The predicted octanol–water partition coefficient (Wildman–Crippen LogP) is 3.20. The van der Waals surface area contributed by atoms with Gasteiger partial charge in [0, 0.05) is 30.0 Å². The maximum atomic E-state index is 12.0. The molecule has 0 aliphatic heterocycles. The molecule has 0 atom stereocenters. The van der Waals surface area contributed by atoms with E-state index in [0.717, 1.165) is 22.7 Å². The Morgan fingerprint density at radius 3 is 2.48 bits per heavy atom. The lowest BCUT2D eigenvalue weighted by atomic mass is 10.1. The molecule has 0 spiro atoms. The summed E-state index contributed by atoms with van der Waals surface area (Å²) in [4.78, 5) is 12.0. The first-order valence-electron chi connectivity index (χ1n) is 7.10. The minimum Gasteiger partial charge on any atom is -0.355 e. The predicted molar refractivity (Wildman–Crippen MR) is 86.8 cm³/mol. The maximum Gasteiger partial charge on any atom is 0.224 e. The molecule has 0 aliphatic rings. The molecular formula is C17H21ClN2O. The van der Waals surface area contributed by atoms with Crippen LogP contribution in [0.5, 0.6) is 0 Å². The Balaban J connectivity index is 1.82. The van der Waals surface area contributed by atoms with Crippen LogP contribution in [0.1, 0.15) is 22.5 Å². The lowest BCUT2D eigenvalue weighted by molar-refractivity contribution is -0.120. The number of carbonyl (C=O) groups excluding carboxylic acids is 1. The van der Waals surface area contributed by atoms with Crippen LogP contribution in [0.15, 0.2) is 30.3 Å². The fourth-order valence-corrected chi connectivity index (χ4v) is 2.47. The van der Waals surface area contributed by atoms with Gasteiger partial charge in [-0.05, 0) is 49.6 Å². The molecule has 4 heteroatoms. The van der Waals surface area contributed by atoms with Crippen molar-refractivity contribution in [3.63, 3.8) is 0 Å². The van der Waals surface area contributed by atoms with Crippen LogP contribution < -0.4 is 5.32 Å². The molecule has 0 saturated carbocycles. The summed E-state index contributed by atoms with van der Waals surface area (Å²) >= 11 is 5.84. The minimum atomic E-state index is 0.0673. The number of halogens is 1. The minimum absolute atomic E-state index is 0.0673. The van der Waals surface area contributed by atoms with Crippen molar-refractivity contribution in [2.45, 2.75) is 26.7 Å². The van der Waals surface area contributed by atoms with Crippen LogP contribution in [0.25, 0.3) is 0 Å². The first-order chi connectivity index (χ1) is 9.97. The molecule has 0 aliphatic carbocycles. The Hall–Kier alpha value is -1.74. The van der Waals surface area contributed by atoms with Crippen molar-refractivity contribution in [1.82, 2.24) is 9.88 Å². The quantitative estimate of drug-likeness (QED) is 0.904. The van der Waals surface area contributed by atoms with E-state index in [1.807, 2.05) is 38.2 Å². The molecule has 1 heterocycles. The number of nitrogens with one attached hydrogen (secondary N) is 1. The number of amides is 1. The van der Waals surface area contributed by atoms with Gasteiger partial charge in [-0.15, -0.1) is 0 Å². The summed E-state index contributed by atoms with van der Waals surface area (Å²) in [6.45, 7) is 4.74. The lowest BCUT2D eigenvalue weighted by Crippen LogP contribution is -2.27. The van der Waals surface area contributed by atoms with E-state index in [0.29, 0.717) is 13.0 Å². The highest BCUT2D eigenvalue weighted by Crippen LogP contribution is 2.13. The monoisotopic (exact) mass is 304 g/mol. The number of hydrogen-bond acceptors (Lipinski definition) is 1. The summed E-state index contributed by atoms with van der Waals surface area (Å²) in [6, 6.07) is 9.79.